The molecule has 3 aromatic rings. The van der Waals surface area contributed by atoms with Gasteiger partial charge in [0.05, 0.1) is 29.0 Å². The van der Waals surface area contributed by atoms with Gasteiger partial charge in [-0.15, -0.1) is 0 Å². The molecule has 3 rings (SSSR count). The van der Waals surface area contributed by atoms with Crippen LogP contribution in [0.3, 0.4) is 0 Å². The topological polar surface area (TPSA) is 98.5 Å². The normalized spacial score (nSPS) is 11.3. The summed E-state index contributed by atoms with van der Waals surface area (Å²) in [6.07, 6.45) is 1.13. The molecule has 0 spiro atoms. The van der Waals surface area contributed by atoms with E-state index in [2.05, 4.69) is 9.84 Å². The minimum atomic E-state index is -3.29. The molecule has 0 amide bonds. The fraction of sp³-hybridized carbons (Fsp3) is 0.111. The second-order valence-electron chi connectivity index (χ2n) is 5.63. The molecule has 1 N–H and O–H groups in total. The van der Waals surface area contributed by atoms with Crippen molar-refractivity contribution in [2.24, 2.45) is 0 Å². The molecular formula is C18H16N2O5S. The number of aromatic nitrogens is 2. The van der Waals surface area contributed by atoms with E-state index in [1.165, 1.54) is 30.0 Å². The highest BCUT2D eigenvalue weighted by Crippen LogP contribution is 2.26. The summed E-state index contributed by atoms with van der Waals surface area (Å²) in [5.74, 6) is -0.528. The van der Waals surface area contributed by atoms with Crippen LogP contribution in [-0.4, -0.2) is 42.6 Å². The minimum Gasteiger partial charge on any atom is -0.493 e. The molecule has 0 atom stereocenters. The molecule has 1 aromatic heterocycles. The van der Waals surface area contributed by atoms with E-state index in [9.17, 15) is 18.3 Å². The first kappa shape index (κ1) is 17.7. The third-order valence-corrected chi connectivity index (χ3v) is 4.93. The van der Waals surface area contributed by atoms with Crippen LogP contribution in [0.5, 0.6) is 5.88 Å². The first-order chi connectivity index (χ1) is 12.3. The molecule has 0 aliphatic heterocycles. The van der Waals surface area contributed by atoms with Gasteiger partial charge >= 0.3 is 5.97 Å². The van der Waals surface area contributed by atoms with Crippen LogP contribution in [0.2, 0.25) is 0 Å². The van der Waals surface area contributed by atoms with Gasteiger partial charge in [-0.2, -0.15) is 5.10 Å². The van der Waals surface area contributed by atoms with E-state index in [1.807, 2.05) is 0 Å². The van der Waals surface area contributed by atoms with Gasteiger partial charge in [-0.3, -0.25) is 0 Å². The summed E-state index contributed by atoms with van der Waals surface area (Å²) in [4.78, 5) is 11.7. The zero-order valence-corrected chi connectivity index (χ0v) is 14.9. The Morgan fingerprint density at radius 1 is 1.08 bits per heavy atom. The fourth-order valence-corrected chi connectivity index (χ4v) is 3.06. The van der Waals surface area contributed by atoms with Gasteiger partial charge in [0.2, 0.25) is 5.88 Å². The van der Waals surface area contributed by atoms with Gasteiger partial charge in [-0.05, 0) is 36.4 Å². The average Bonchev–Trinajstić information content (AvgIpc) is 3.02. The molecule has 134 valence electrons. The second-order valence-corrected chi connectivity index (χ2v) is 7.65. The zero-order valence-electron chi connectivity index (χ0n) is 14.1. The van der Waals surface area contributed by atoms with Crippen LogP contribution in [0.4, 0.5) is 0 Å². The molecule has 0 unspecified atom stereocenters. The SMILES string of the molecule is COC(=O)c1ccc(-c2cc(O)n(-c3ccc(S(C)(=O)=O)cc3)n2)cc1. The highest BCUT2D eigenvalue weighted by atomic mass is 32.2. The lowest BCUT2D eigenvalue weighted by Crippen LogP contribution is -2.01. The van der Waals surface area contributed by atoms with Gasteiger partial charge in [0.15, 0.2) is 9.84 Å². The van der Waals surface area contributed by atoms with E-state index < -0.39 is 15.8 Å². The molecule has 1 heterocycles. The van der Waals surface area contributed by atoms with Crippen LogP contribution in [0.1, 0.15) is 10.4 Å². The van der Waals surface area contributed by atoms with Crippen molar-refractivity contribution in [2.75, 3.05) is 13.4 Å². The fourth-order valence-electron chi connectivity index (χ4n) is 2.43. The number of hydrogen-bond donors (Lipinski definition) is 1. The lowest BCUT2D eigenvalue weighted by Gasteiger charge is -2.04. The second kappa shape index (κ2) is 6.64. The third-order valence-electron chi connectivity index (χ3n) is 3.80. The van der Waals surface area contributed by atoms with Gasteiger partial charge in [-0.25, -0.2) is 17.9 Å². The van der Waals surface area contributed by atoms with Gasteiger partial charge in [0, 0.05) is 17.9 Å². The summed E-state index contributed by atoms with van der Waals surface area (Å²) in [7, 11) is -1.98. The lowest BCUT2D eigenvalue weighted by molar-refractivity contribution is 0.0600. The molecule has 2 aromatic carbocycles. The molecular weight excluding hydrogens is 356 g/mol. The Morgan fingerprint density at radius 2 is 1.69 bits per heavy atom. The van der Waals surface area contributed by atoms with Crippen molar-refractivity contribution in [1.29, 1.82) is 0 Å². The summed E-state index contributed by atoms with van der Waals surface area (Å²) >= 11 is 0. The predicted molar refractivity (Wildman–Crippen MR) is 95.1 cm³/mol. The van der Waals surface area contributed by atoms with Gasteiger partial charge < -0.3 is 9.84 Å². The van der Waals surface area contributed by atoms with Crippen molar-refractivity contribution < 1.29 is 23.1 Å². The molecule has 0 saturated heterocycles. The zero-order chi connectivity index (χ0) is 18.9. The summed E-state index contributed by atoms with van der Waals surface area (Å²) in [6, 6.07) is 14.1. The molecule has 0 fully saturated rings. The third kappa shape index (κ3) is 3.45. The number of nitrogens with zero attached hydrogens (tertiary/aromatic N) is 2. The van der Waals surface area contributed by atoms with Crippen molar-refractivity contribution in [3.63, 3.8) is 0 Å². The minimum absolute atomic E-state index is 0.0934. The Kier molecular flexibility index (Phi) is 4.52. The Balaban J connectivity index is 1.93. The maximum Gasteiger partial charge on any atom is 0.337 e. The van der Waals surface area contributed by atoms with E-state index >= 15 is 0 Å². The van der Waals surface area contributed by atoms with E-state index in [0.717, 1.165) is 6.26 Å². The Hall–Kier alpha value is -3.13. The van der Waals surface area contributed by atoms with Crippen molar-refractivity contribution in [2.45, 2.75) is 4.90 Å². The van der Waals surface area contributed by atoms with E-state index in [-0.39, 0.29) is 10.8 Å². The number of rotatable bonds is 4. The quantitative estimate of drug-likeness (QED) is 0.706. The predicted octanol–water partition coefficient (Wildman–Crippen LogP) is 2.44. The number of esters is 1. The first-order valence-electron chi connectivity index (χ1n) is 7.58. The van der Waals surface area contributed by atoms with Crippen molar-refractivity contribution in [3.05, 3.63) is 60.2 Å². The molecule has 0 aliphatic rings. The number of ether oxygens (including phenoxy) is 1. The Bertz CT molecular complexity index is 1050. The maximum atomic E-state index is 11.5. The van der Waals surface area contributed by atoms with Crippen LogP contribution < -0.4 is 0 Å². The van der Waals surface area contributed by atoms with Crippen molar-refractivity contribution in [1.82, 2.24) is 9.78 Å². The molecule has 7 nitrogen and oxygen atoms in total. The summed E-state index contributed by atoms with van der Waals surface area (Å²) in [6.45, 7) is 0. The summed E-state index contributed by atoms with van der Waals surface area (Å²) in [5.41, 5.74) is 2.15. The molecule has 26 heavy (non-hydrogen) atoms. The Morgan fingerprint density at radius 3 is 2.23 bits per heavy atom. The van der Waals surface area contributed by atoms with E-state index in [4.69, 9.17) is 0 Å². The van der Waals surface area contributed by atoms with Crippen LogP contribution in [0.15, 0.2) is 59.5 Å². The largest absolute Gasteiger partial charge is 0.493 e. The maximum absolute atomic E-state index is 11.5. The number of benzene rings is 2. The standard InChI is InChI=1S/C18H16N2O5S/c1-25-18(22)13-5-3-12(4-6-13)16-11-17(21)20(19-16)14-7-9-15(10-8-14)26(2,23)24/h3-11,21H,1-2H3. The lowest BCUT2D eigenvalue weighted by atomic mass is 10.1. The summed E-state index contributed by atoms with van der Waals surface area (Å²) < 4.78 is 29.0. The van der Waals surface area contributed by atoms with E-state index in [0.29, 0.717) is 22.5 Å². The van der Waals surface area contributed by atoms with Gasteiger partial charge in [-0.1, -0.05) is 12.1 Å². The Labute approximate surface area is 150 Å². The highest BCUT2D eigenvalue weighted by Gasteiger charge is 2.13. The van der Waals surface area contributed by atoms with Crippen LogP contribution >= 0.6 is 0 Å². The van der Waals surface area contributed by atoms with E-state index in [1.54, 1.807) is 36.4 Å². The van der Waals surface area contributed by atoms with Crippen molar-refractivity contribution >= 4 is 15.8 Å². The molecule has 8 heteroatoms. The van der Waals surface area contributed by atoms with Gasteiger partial charge in [0.25, 0.3) is 0 Å². The molecule has 0 saturated carbocycles. The number of carbonyl (C=O) groups excluding carboxylic acids is 1. The highest BCUT2D eigenvalue weighted by molar-refractivity contribution is 7.90. The molecule has 0 bridgehead atoms. The average molecular weight is 372 g/mol. The number of sulfone groups is 1. The van der Waals surface area contributed by atoms with Gasteiger partial charge in [0.1, 0.15) is 0 Å². The smallest absolute Gasteiger partial charge is 0.337 e. The summed E-state index contributed by atoms with van der Waals surface area (Å²) in [5, 5.41) is 14.5. The first-order valence-corrected chi connectivity index (χ1v) is 9.47. The molecule has 0 aliphatic carbocycles. The number of hydrogen-bond acceptors (Lipinski definition) is 6. The van der Waals surface area contributed by atoms with Crippen LogP contribution in [0, 0.1) is 0 Å². The van der Waals surface area contributed by atoms with Crippen molar-refractivity contribution in [3.8, 4) is 22.8 Å². The number of aromatic hydroxyl groups is 1. The monoisotopic (exact) mass is 372 g/mol. The molecule has 0 radical (unpaired) electrons. The number of methoxy groups -OCH3 is 1. The number of carbonyl (C=O) groups is 1. The van der Waals surface area contributed by atoms with Crippen LogP contribution in [-0.2, 0) is 14.6 Å². The van der Waals surface area contributed by atoms with Crippen LogP contribution in [0.25, 0.3) is 16.9 Å².